The van der Waals surface area contributed by atoms with E-state index < -0.39 is 12.0 Å². The highest BCUT2D eigenvalue weighted by Gasteiger charge is 2.15. The number of carbonyl (C=O) groups excluding carboxylic acids is 1. The Morgan fingerprint density at radius 3 is 3.07 bits per heavy atom. The van der Waals surface area contributed by atoms with Crippen LogP contribution in [0.5, 0.6) is 0 Å². The molecule has 1 unspecified atom stereocenters. The summed E-state index contributed by atoms with van der Waals surface area (Å²) in [7, 11) is 1.33. The summed E-state index contributed by atoms with van der Waals surface area (Å²) in [6.45, 7) is 2.83. The molecular formula is C9H15N3O2. The van der Waals surface area contributed by atoms with E-state index in [-0.39, 0.29) is 0 Å². The maximum Gasteiger partial charge on any atom is 0.323 e. The molecule has 1 rings (SSSR count). The van der Waals surface area contributed by atoms with Gasteiger partial charge in [0, 0.05) is 24.9 Å². The van der Waals surface area contributed by atoms with Crippen LogP contribution in [0.4, 0.5) is 0 Å². The van der Waals surface area contributed by atoms with Gasteiger partial charge in [-0.2, -0.15) is 0 Å². The van der Waals surface area contributed by atoms with Gasteiger partial charge in [0.25, 0.3) is 0 Å². The number of nitrogens with zero attached hydrogens (tertiary/aromatic N) is 2. The number of ether oxygens (including phenoxy) is 1. The summed E-state index contributed by atoms with van der Waals surface area (Å²) < 4.78 is 6.49. The molecule has 0 spiro atoms. The number of nitrogens with two attached hydrogens (primary N) is 1. The first-order chi connectivity index (χ1) is 6.69. The zero-order valence-corrected chi connectivity index (χ0v) is 8.43. The van der Waals surface area contributed by atoms with Crippen LogP contribution in [0.1, 0.15) is 12.6 Å². The molecule has 1 atom stereocenters. The highest BCUT2D eigenvalue weighted by atomic mass is 16.5. The Kier molecular flexibility index (Phi) is 3.64. The smallest absolute Gasteiger partial charge is 0.323 e. The molecule has 0 amide bonds. The molecule has 2 N–H and O–H groups in total. The zero-order chi connectivity index (χ0) is 10.6. The summed E-state index contributed by atoms with van der Waals surface area (Å²) in [5, 5.41) is 0. The molecule has 5 nitrogen and oxygen atoms in total. The van der Waals surface area contributed by atoms with Crippen LogP contribution in [-0.4, -0.2) is 28.7 Å². The monoisotopic (exact) mass is 197 g/mol. The minimum atomic E-state index is -0.609. The van der Waals surface area contributed by atoms with Crippen molar-refractivity contribution in [2.75, 3.05) is 7.11 Å². The quantitative estimate of drug-likeness (QED) is 0.687. The number of hydrogen-bond donors (Lipinski definition) is 1. The fourth-order valence-electron chi connectivity index (χ4n) is 1.26. The maximum atomic E-state index is 11.1. The molecule has 0 saturated carbocycles. The van der Waals surface area contributed by atoms with Crippen LogP contribution < -0.4 is 5.73 Å². The van der Waals surface area contributed by atoms with E-state index in [4.69, 9.17) is 5.73 Å². The molecular weight excluding hydrogens is 182 g/mol. The first-order valence-electron chi connectivity index (χ1n) is 4.51. The summed E-state index contributed by atoms with van der Waals surface area (Å²) in [6, 6.07) is -0.609. The third-order valence-corrected chi connectivity index (χ3v) is 2.07. The van der Waals surface area contributed by atoms with Gasteiger partial charge in [0.1, 0.15) is 6.04 Å². The lowest BCUT2D eigenvalue weighted by Gasteiger charge is -2.10. The van der Waals surface area contributed by atoms with E-state index in [9.17, 15) is 4.79 Å². The fourth-order valence-corrected chi connectivity index (χ4v) is 1.26. The lowest BCUT2D eigenvalue weighted by molar-refractivity contribution is -0.142. The average Bonchev–Trinajstić information content (AvgIpc) is 2.63. The number of methoxy groups -OCH3 is 1. The van der Waals surface area contributed by atoms with Gasteiger partial charge >= 0.3 is 5.97 Å². The topological polar surface area (TPSA) is 70.1 Å². The molecule has 0 aliphatic rings. The average molecular weight is 197 g/mol. The number of rotatable bonds is 4. The van der Waals surface area contributed by atoms with E-state index in [1.807, 2.05) is 11.5 Å². The van der Waals surface area contributed by atoms with Gasteiger partial charge in [0.05, 0.1) is 13.4 Å². The Morgan fingerprint density at radius 1 is 1.79 bits per heavy atom. The molecule has 1 aromatic rings. The van der Waals surface area contributed by atoms with Crippen molar-refractivity contribution in [3.05, 3.63) is 18.2 Å². The highest BCUT2D eigenvalue weighted by Crippen LogP contribution is 2.03. The Hall–Kier alpha value is -1.36. The van der Waals surface area contributed by atoms with Crippen molar-refractivity contribution in [3.8, 4) is 0 Å². The minimum Gasteiger partial charge on any atom is -0.468 e. The molecule has 1 heterocycles. The van der Waals surface area contributed by atoms with Crippen LogP contribution in [0.15, 0.2) is 12.5 Å². The predicted octanol–water partition coefficient (Wildman–Crippen LogP) is -0.0542. The zero-order valence-electron chi connectivity index (χ0n) is 8.43. The van der Waals surface area contributed by atoms with Crippen molar-refractivity contribution < 1.29 is 9.53 Å². The summed E-state index contributed by atoms with van der Waals surface area (Å²) >= 11 is 0. The molecule has 0 aromatic carbocycles. The predicted molar refractivity (Wildman–Crippen MR) is 51.6 cm³/mol. The summed E-state index contributed by atoms with van der Waals surface area (Å²) in [6.07, 6.45) is 3.89. The normalized spacial score (nSPS) is 12.5. The van der Waals surface area contributed by atoms with Crippen LogP contribution in [0, 0.1) is 0 Å². The first kappa shape index (κ1) is 10.7. The van der Waals surface area contributed by atoms with Gasteiger partial charge in [0.2, 0.25) is 0 Å². The van der Waals surface area contributed by atoms with Gasteiger partial charge in [-0.25, -0.2) is 4.98 Å². The third kappa shape index (κ3) is 2.32. The van der Waals surface area contributed by atoms with Crippen LogP contribution in [0.25, 0.3) is 0 Å². The van der Waals surface area contributed by atoms with Crippen LogP contribution in [0.3, 0.4) is 0 Å². The highest BCUT2D eigenvalue weighted by molar-refractivity contribution is 5.75. The lowest BCUT2D eigenvalue weighted by Crippen LogP contribution is -2.34. The number of imidazole rings is 1. The van der Waals surface area contributed by atoms with Crippen molar-refractivity contribution in [1.82, 2.24) is 9.55 Å². The van der Waals surface area contributed by atoms with Crippen molar-refractivity contribution in [2.45, 2.75) is 25.9 Å². The Labute approximate surface area is 82.9 Å². The third-order valence-electron chi connectivity index (χ3n) is 2.07. The molecule has 78 valence electrons. The van der Waals surface area contributed by atoms with E-state index in [0.717, 1.165) is 12.2 Å². The molecule has 0 saturated heterocycles. The van der Waals surface area contributed by atoms with Crippen molar-refractivity contribution in [3.63, 3.8) is 0 Å². The molecule has 5 heteroatoms. The summed E-state index contributed by atoms with van der Waals surface area (Å²) in [5.41, 5.74) is 6.58. The van der Waals surface area contributed by atoms with Gasteiger partial charge in [0.15, 0.2) is 0 Å². The molecule has 0 radical (unpaired) electrons. The molecule has 0 aliphatic heterocycles. The standard InChI is InChI=1S/C9H15N3O2/c1-3-12-6-11-5-7(12)4-8(10)9(13)14-2/h5-6,8H,3-4,10H2,1-2H3. The second-order valence-electron chi connectivity index (χ2n) is 3.00. The van der Waals surface area contributed by atoms with E-state index in [0.29, 0.717) is 6.42 Å². The van der Waals surface area contributed by atoms with Crippen molar-refractivity contribution >= 4 is 5.97 Å². The SMILES string of the molecule is CCn1cncc1CC(N)C(=O)OC. The number of carbonyl (C=O) groups is 1. The lowest BCUT2D eigenvalue weighted by atomic mass is 10.2. The molecule has 0 bridgehead atoms. The molecule has 1 aromatic heterocycles. The number of aromatic nitrogens is 2. The minimum absolute atomic E-state index is 0.395. The van der Waals surface area contributed by atoms with Gasteiger partial charge in [-0.05, 0) is 6.92 Å². The van der Waals surface area contributed by atoms with Crippen molar-refractivity contribution in [1.29, 1.82) is 0 Å². The molecule has 0 fully saturated rings. The van der Waals surface area contributed by atoms with Gasteiger partial charge in [-0.3, -0.25) is 4.79 Å². The van der Waals surface area contributed by atoms with Crippen LogP contribution in [0.2, 0.25) is 0 Å². The van der Waals surface area contributed by atoms with Gasteiger partial charge < -0.3 is 15.0 Å². The largest absolute Gasteiger partial charge is 0.468 e. The first-order valence-corrected chi connectivity index (χ1v) is 4.51. The second kappa shape index (κ2) is 4.76. The number of hydrogen-bond acceptors (Lipinski definition) is 4. The molecule has 14 heavy (non-hydrogen) atoms. The van der Waals surface area contributed by atoms with Crippen LogP contribution in [-0.2, 0) is 22.5 Å². The van der Waals surface area contributed by atoms with E-state index >= 15 is 0 Å². The number of aryl methyl sites for hydroxylation is 1. The second-order valence-corrected chi connectivity index (χ2v) is 3.00. The summed E-state index contributed by atoms with van der Waals surface area (Å²) in [4.78, 5) is 15.0. The maximum absolute atomic E-state index is 11.1. The summed E-state index contributed by atoms with van der Waals surface area (Å²) in [5.74, 6) is -0.395. The van der Waals surface area contributed by atoms with E-state index in [1.165, 1.54) is 7.11 Å². The Balaban J connectivity index is 2.64. The Morgan fingerprint density at radius 2 is 2.50 bits per heavy atom. The van der Waals surface area contributed by atoms with E-state index in [1.54, 1.807) is 12.5 Å². The van der Waals surface area contributed by atoms with Gasteiger partial charge in [-0.15, -0.1) is 0 Å². The number of esters is 1. The van der Waals surface area contributed by atoms with Gasteiger partial charge in [-0.1, -0.05) is 0 Å². The van der Waals surface area contributed by atoms with E-state index in [2.05, 4.69) is 9.72 Å². The van der Waals surface area contributed by atoms with Crippen LogP contribution >= 0.6 is 0 Å². The fraction of sp³-hybridized carbons (Fsp3) is 0.556. The van der Waals surface area contributed by atoms with Crippen molar-refractivity contribution in [2.24, 2.45) is 5.73 Å². The Bertz CT molecular complexity index is 309. The molecule has 0 aliphatic carbocycles.